The number of piperazine rings is 1. The van der Waals surface area contributed by atoms with Gasteiger partial charge in [-0.25, -0.2) is 0 Å². The number of benzene rings is 1. The highest BCUT2D eigenvalue weighted by molar-refractivity contribution is 6.30. The molecule has 0 aliphatic carbocycles. The second-order valence-corrected chi connectivity index (χ2v) is 4.89. The maximum Gasteiger partial charge on any atom is 0.0590 e. The van der Waals surface area contributed by atoms with Crippen molar-refractivity contribution in [1.82, 2.24) is 10.2 Å². The monoisotopic (exact) mass is 254 g/mol. The van der Waals surface area contributed by atoms with Crippen molar-refractivity contribution in [1.29, 1.82) is 0 Å². The van der Waals surface area contributed by atoms with Gasteiger partial charge in [0.15, 0.2) is 0 Å². The molecule has 1 aromatic carbocycles. The van der Waals surface area contributed by atoms with Gasteiger partial charge in [-0.2, -0.15) is 0 Å². The summed E-state index contributed by atoms with van der Waals surface area (Å²) in [6, 6.07) is 8.09. The average molecular weight is 255 g/mol. The fourth-order valence-corrected chi connectivity index (χ4v) is 2.51. The van der Waals surface area contributed by atoms with Crippen LogP contribution in [0, 0.1) is 0 Å². The summed E-state index contributed by atoms with van der Waals surface area (Å²) in [4.78, 5) is 2.34. The van der Waals surface area contributed by atoms with Gasteiger partial charge in [-0.1, -0.05) is 23.7 Å². The zero-order valence-corrected chi connectivity index (χ0v) is 10.7. The second-order valence-electron chi connectivity index (χ2n) is 4.46. The summed E-state index contributed by atoms with van der Waals surface area (Å²) in [6.45, 7) is 4.22. The quantitative estimate of drug-likeness (QED) is 0.846. The van der Waals surface area contributed by atoms with Crippen LogP contribution in [-0.4, -0.2) is 48.8 Å². The Kier molecular flexibility index (Phi) is 4.80. The molecule has 0 amide bonds. The van der Waals surface area contributed by atoms with Crippen molar-refractivity contribution in [2.75, 3.05) is 32.8 Å². The highest BCUT2D eigenvalue weighted by Crippen LogP contribution is 2.14. The molecular weight excluding hydrogens is 236 g/mol. The van der Waals surface area contributed by atoms with Crippen LogP contribution in [-0.2, 0) is 6.42 Å². The van der Waals surface area contributed by atoms with Crippen molar-refractivity contribution in [2.24, 2.45) is 0 Å². The smallest absolute Gasteiger partial charge is 0.0590 e. The van der Waals surface area contributed by atoms with E-state index in [9.17, 15) is 5.11 Å². The molecule has 0 saturated carbocycles. The van der Waals surface area contributed by atoms with Crippen LogP contribution in [0.3, 0.4) is 0 Å². The van der Waals surface area contributed by atoms with Crippen LogP contribution in [0.5, 0.6) is 0 Å². The standard InChI is InChI=1S/C13H19ClN2O/c14-12-3-1-2-11(8-12)9-13(10-17)16-6-4-15-5-7-16/h1-3,8,13,15,17H,4-7,9-10H2. The third-order valence-corrected chi connectivity index (χ3v) is 3.47. The molecule has 0 spiro atoms. The summed E-state index contributed by atoms with van der Waals surface area (Å²) in [5, 5.41) is 13.6. The van der Waals surface area contributed by atoms with Crippen molar-refractivity contribution >= 4 is 11.6 Å². The SMILES string of the molecule is OCC(Cc1cccc(Cl)c1)N1CCNCC1. The number of nitrogens with zero attached hydrogens (tertiary/aromatic N) is 1. The van der Waals surface area contributed by atoms with Gasteiger partial charge >= 0.3 is 0 Å². The van der Waals surface area contributed by atoms with Gasteiger partial charge in [0.25, 0.3) is 0 Å². The van der Waals surface area contributed by atoms with Gasteiger partial charge in [-0.3, -0.25) is 4.90 Å². The summed E-state index contributed by atoms with van der Waals surface area (Å²) in [5.74, 6) is 0. The van der Waals surface area contributed by atoms with Crippen molar-refractivity contribution in [3.63, 3.8) is 0 Å². The first-order valence-electron chi connectivity index (χ1n) is 6.09. The van der Waals surface area contributed by atoms with Crippen molar-refractivity contribution in [2.45, 2.75) is 12.5 Å². The van der Waals surface area contributed by atoms with Crippen LogP contribution < -0.4 is 5.32 Å². The topological polar surface area (TPSA) is 35.5 Å². The van der Waals surface area contributed by atoms with Crippen LogP contribution >= 0.6 is 11.6 Å². The highest BCUT2D eigenvalue weighted by Gasteiger charge is 2.19. The maximum absolute atomic E-state index is 9.51. The number of aliphatic hydroxyl groups excluding tert-OH is 1. The molecule has 17 heavy (non-hydrogen) atoms. The Morgan fingerprint density at radius 1 is 1.35 bits per heavy atom. The van der Waals surface area contributed by atoms with E-state index in [2.05, 4.69) is 16.3 Å². The first kappa shape index (κ1) is 12.8. The minimum atomic E-state index is 0.201. The third-order valence-electron chi connectivity index (χ3n) is 3.24. The first-order valence-corrected chi connectivity index (χ1v) is 6.47. The lowest BCUT2D eigenvalue weighted by Crippen LogP contribution is -2.50. The maximum atomic E-state index is 9.51. The lowest BCUT2D eigenvalue weighted by Gasteiger charge is -2.34. The molecule has 1 unspecified atom stereocenters. The molecule has 4 heteroatoms. The van der Waals surface area contributed by atoms with Crippen molar-refractivity contribution in [3.05, 3.63) is 34.9 Å². The predicted octanol–water partition coefficient (Wildman–Crippen LogP) is 1.15. The molecule has 1 aliphatic heterocycles. The van der Waals surface area contributed by atoms with E-state index in [1.54, 1.807) is 0 Å². The molecule has 2 rings (SSSR count). The van der Waals surface area contributed by atoms with Crippen LogP contribution in [0.2, 0.25) is 5.02 Å². The summed E-state index contributed by atoms with van der Waals surface area (Å²) < 4.78 is 0. The summed E-state index contributed by atoms with van der Waals surface area (Å²) in [5.41, 5.74) is 1.19. The van der Waals surface area contributed by atoms with E-state index in [0.717, 1.165) is 37.6 Å². The second kappa shape index (κ2) is 6.36. The predicted molar refractivity (Wildman–Crippen MR) is 70.5 cm³/mol. The molecule has 1 fully saturated rings. The number of hydrogen-bond donors (Lipinski definition) is 2. The molecule has 0 bridgehead atoms. The molecule has 1 saturated heterocycles. The zero-order valence-electron chi connectivity index (χ0n) is 9.90. The van der Waals surface area contributed by atoms with E-state index in [-0.39, 0.29) is 12.6 Å². The van der Waals surface area contributed by atoms with Crippen LogP contribution in [0.25, 0.3) is 0 Å². The van der Waals surface area contributed by atoms with Gasteiger partial charge in [0.1, 0.15) is 0 Å². The Labute approximate surface area is 107 Å². The van der Waals surface area contributed by atoms with E-state index < -0.39 is 0 Å². The van der Waals surface area contributed by atoms with Gasteiger partial charge in [0, 0.05) is 37.2 Å². The number of aliphatic hydroxyl groups is 1. The Bertz CT molecular complexity index is 353. The Balaban J connectivity index is 1.98. The summed E-state index contributed by atoms with van der Waals surface area (Å²) in [7, 11) is 0. The van der Waals surface area contributed by atoms with Crippen LogP contribution in [0.4, 0.5) is 0 Å². The number of halogens is 1. The van der Waals surface area contributed by atoms with Gasteiger partial charge in [-0.15, -0.1) is 0 Å². The lowest BCUT2D eigenvalue weighted by atomic mass is 10.0. The fraction of sp³-hybridized carbons (Fsp3) is 0.538. The Hall–Kier alpha value is -0.610. The highest BCUT2D eigenvalue weighted by atomic mass is 35.5. The van der Waals surface area contributed by atoms with E-state index in [1.807, 2.05) is 18.2 Å². The molecule has 2 N–H and O–H groups in total. The molecule has 0 radical (unpaired) electrons. The lowest BCUT2D eigenvalue weighted by molar-refractivity contribution is 0.110. The van der Waals surface area contributed by atoms with E-state index in [4.69, 9.17) is 11.6 Å². The number of nitrogens with one attached hydrogen (secondary N) is 1. The van der Waals surface area contributed by atoms with Crippen molar-refractivity contribution < 1.29 is 5.11 Å². The number of hydrogen-bond acceptors (Lipinski definition) is 3. The van der Waals surface area contributed by atoms with E-state index in [1.165, 1.54) is 5.56 Å². The Morgan fingerprint density at radius 2 is 2.12 bits per heavy atom. The average Bonchev–Trinajstić information content (AvgIpc) is 2.37. The van der Waals surface area contributed by atoms with Crippen LogP contribution in [0.1, 0.15) is 5.56 Å². The molecule has 3 nitrogen and oxygen atoms in total. The molecule has 0 aromatic heterocycles. The van der Waals surface area contributed by atoms with Gasteiger partial charge < -0.3 is 10.4 Å². The summed E-state index contributed by atoms with van der Waals surface area (Å²) >= 11 is 5.97. The largest absolute Gasteiger partial charge is 0.395 e. The third kappa shape index (κ3) is 3.68. The first-order chi connectivity index (χ1) is 8.29. The Morgan fingerprint density at radius 3 is 2.76 bits per heavy atom. The number of rotatable bonds is 4. The molecule has 1 atom stereocenters. The zero-order chi connectivity index (χ0) is 12.1. The van der Waals surface area contributed by atoms with Gasteiger partial charge in [0.05, 0.1) is 6.61 Å². The van der Waals surface area contributed by atoms with E-state index in [0.29, 0.717) is 0 Å². The van der Waals surface area contributed by atoms with Gasteiger partial charge in [-0.05, 0) is 24.1 Å². The minimum absolute atomic E-state index is 0.201. The van der Waals surface area contributed by atoms with Crippen LogP contribution in [0.15, 0.2) is 24.3 Å². The molecule has 1 heterocycles. The molecule has 1 aliphatic rings. The van der Waals surface area contributed by atoms with E-state index >= 15 is 0 Å². The molecule has 1 aromatic rings. The minimum Gasteiger partial charge on any atom is -0.395 e. The normalized spacial score (nSPS) is 19.2. The van der Waals surface area contributed by atoms with Gasteiger partial charge in [0.2, 0.25) is 0 Å². The molecule has 94 valence electrons. The summed E-state index contributed by atoms with van der Waals surface area (Å²) in [6.07, 6.45) is 0.858. The van der Waals surface area contributed by atoms with Crippen molar-refractivity contribution in [3.8, 4) is 0 Å². The molecular formula is C13H19ClN2O. The fourth-order valence-electron chi connectivity index (χ4n) is 2.29.